The molecule has 3 N–H and O–H groups in total. The molecular weight excluding hydrogens is 226 g/mol. The minimum Gasteiger partial charge on any atom is -0.351 e. The molecule has 2 fully saturated rings. The van der Waals surface area contributed by atoms with Crippen LogP contribution in [0.2, 0.25) is 0 Å². The van der Waals surface area contributed by atoms with E-state index in [0.717, 1.165) is 45.2 Å². The molecule has 2 unspecified atom stereocenters. The molecule has 1 aliphatic carbocycles. The van der Waals surface area contributed by atoms with Gasteiger partial charge in [-0.05, 0) is 38.8 Å². The Morgan fingerprint density at radius 3 is 2.61 bits per heavy atom. The van der Waals surface area contributed by atoms with E-state index in [9.17, 15) is 4.79 Å². The molecule has 1 heterocycles. The zero-order valence-electron chi connectivity index (χ0n) is 11.7. The number of nitrogens with two attached hydrogens (primary N) is 1. The van der Waals surface area contributed by atoms with Crippen LogP contribution in [0.25, 0.3) is 0 Å². The maximum absolute atomic E-state index is 12.4. The summed E-state index contributed by atoms with van der Waals surface area (Å²) in [6.45, 7) is 4.33. The van der Waals surface area contributed by atoms with E-state index in [1.807, 2.05) is 0 Å². The highest BCUT2D eigenvalue weighted by Crippen LogP contribution is 2.27. The molecular formula is C14H27N3O. The number of carbonyl (C=O) groups excluding carboxylic acids is 1. The van der Waals surface area contributed by atoms with Crippen molar-refractivity contribution in [2.24, 2.45) is 11.7 Å². The van der Waals surface area contributed by atoms with Gasteiger partial charge >= 0.3 is 0 Å². The molecule has 4 heteroatoms. The van der Waals surface area contributed by atoms with E-state index in [1.165, 1.54) is 6.42 Å². The van der Waals surface area contributed by atoms with Gasteiger partial charge in [0.1, 0.15) is 0 Å². The van der Waals surface area contributed by atoms with Gasteiger partial charge in [0.15, 0.2) is 0 Å². The molecule has 2 aliphatic rings. The van der Waals surface area contributed by atoms with Gasteiger partial charge in [-0.1, -0.05) is 26.2 Å². The molecule has 0 aromatic rings. The van der Waals surface area contributed by atoms with Crippen LogP contribution in [0, 0.1) is 5.92 Å². The Kier molecular flexibility index (Phi) is 4.28. The molecule has 2 rings (SSSR count). The lowest BCUT2D eigenvalue weighted by Crippen LogP contribution is -2.59. The van der Waals surface area contributed by atoms with E-state index in [4.69, 9.17) is 5.73 Å². The number of piperidine rings is 1. The summed E-state index contributed by atoms with van der Waals surface area (Å²) >= 11 is 0. The second kappa shape index (κ2) is 5.57. The highest BCUT2D eigenvalue weighted by atomic mass is 16.2. The third-order valence-electron chi connectivity index (χ3n) is 4.62. The Balaban J connectivity index is 1.90. The summed E-state index contributed by atoms with van der Waals surface area (Å²) in [6, 6.07) is 0.302. The lowest BCUT2D eigenvalue weighted by molar-refractivity contribution is -0.129. The van der Waals surface area contributed by atoms with Crippen molar-refractivity contribution in [1.29, 1.82) is 0 Å². The highest BCUT2D eigenvalue weighted by Gasteiger charge is 2.37. The van der Waals surface area contributed by atoms with Crippen LogP contribution in [0.4, 0.5) is 0 Å². The van der Waals surface area contributed by atoms with E-state index >= 15 is 0 Å². The summed E-state index contributed by atoms with van der Waals surface area (Å²) in [4.78, 5) is 14.7. The Bertz CT molecular complexity index is 299. The van der Waals surface area contributed by atoms with Crippen LogP contribution in [-0.4, -0.2) is 42.5 Å². The van der Waals surface area contributed by atoms with Gasteiger partial charge in [-0.25, -0.2) is 0 Å². The van der Waals surface area contributed by atoms with Crippen molar-refractivity contribution < 1.29 is 4.79 Å². The molecule has 1 saturated heterocycles. The largest absolute Gasteiger partial charge is 0.351 e. The number of nitrogens with one attached hydrogen (secondary N) is 1. The fourth-order valence-electron chi connectivity index (χ4n) is 3.29. The van der Waals surface area contributed by atoms with Crippen molar-refractivity contribution >= 4 is 5.91 Å². The van der Waals surface area contributed by atoms with E-state index in [-0.39, 0.29) is 5.91 Å². The fourth-order valence-corrected chi connectivity index (χ4v) is 3.29. The summed E-state index contributed by atoms with van der Waals surface area (Å²) in [6.07, 6.45) is 6.13. The van der Waals surface area contributed by atoms with Crippen molar-refractivity contribution in [3.8, 4) is 0 Å². The lowest BCUT2D eigenvalue weighted by Gasteiger charge is -2.38. The van der Waals surface area contributed by atoms with Crippen LogP contribution in [0.3, 0.4) is 0 Å². The summed E-state index contributed by atoms with van der Waals surface area (Å²) in [5.74, 6) is 0.600. The average molecular weight is 253 g/mol. The Labute approximate surface area is 110 Å². The average Bonchev–Trinajstić information content (AvgIpc) is 2.33. The van der Waals surface area contributed by atoms with Crippen molar-refractivity contribution in [3.63, 3.8) is 0 Å². The smallest absolute Gasteiger partial charge is 0.240 e. The lowest BCUT2D eigenvalue weighted by atomic mass is 9.81. The van der Waals surface area contributed by atoms with Gasteiger partial charge in [-0.15, -0.1) is 0 Å². The normalized spacial score (nSPS) is 33.1. The van der Waals surface area contributed by atoms with Crippen LogP contribution in [-0.2, 0) is 4.79 Å². The standard InChI is InChI=1S/C14H27N3O/c1-11-10-17(2)9-6-12(11)16-13(18)14(15)7-4-3-5-8-14/h11-12H,3-10,15H2,1-2H3,(H,16,18). The van der Waals surface area contributed by atoms with Crippen molar-refractivity contribution in [1.82, 2.24) is 10.2 Å². The van der Waals surface area contributed by atoms with Crippen LogP contribution >= 0.6 is 0 Å². The maximum Gasteiger partial charge on any atom is 0.240 e. The van der Waals surface area contributed by atoms with Crippen molar-refractivity contribution in [2.75, 3.05) is 20.1 Å². The molecule has 2 atom stereocenters. The van der Waals surface area contributed by atoms with Crippen LogP contribution < -0.4 is 11.1 Å². The highest BCUT2D eigenvalue weighted by molar-refractivity contribution is 5.86. The Morgan fingerprint density at radius 2 is 2.00 bits per heavy atom. The maximum atomic E-state index is 12.4. The summed E-state index contributed by atoms with van der Waals surface area (Å²) < 4.78 is 0. The van der Waals surface area contributed by atoms with Gasteiger partial charge in [0, 0.05) is 12.6 Å². The molecule has 0 aromatic carbocycles. The predicted molar refractivity (Wildman–Crippen MR) is 73.2 cm³/mol. The predicted octanol–water partition coefficient (Wildman–Crippen LogP) is 1.10. The minimum absolute atomic E-state index is 0.0867. The number of hydrogen-bond donors (Lipinski definition) is 2. The Hall–Kier alpha value is -0.610. The summed E-state index contributed by atoms with van der Waals surface area (Å²) in [5, 5.41) is 3.21. The molecule has 1 amide bonds. The van der Waals surface area contributed by atoms with E-state index < -0.39 is 5.54 Å². The molecule has 104 valence electrons. The summed E-state index contributed by atoms with van der Waals surface area (Å²) in [5.41, 5.74) is 5.67. The second-order valence-corrected chi connectivity index (χ2v) is 6.32. The number of nitrogens with zero attached hydrogens (tertiary/aromatic N) is 1. The fraction of sp³-hybridized carbons (Fsp3) is 0.929. The first kappa shape index (κ1) is 13.8. The topological polar surface area (TPSA) is 58.4 Å². The van der Waals surface area contributed by atoms with Crippen molar-refractivity contribution in [2.45, 2.75) is 57.0 Å². The molecule has 0 spiro atoms. The SMILES string of the molecule is CC1CN(C)CCC1NC(=O)C1(N)CCCCC1. The van der Waals surface area contributed by atoms with Gasteiger partial charge in [0.2, 0.25) is 5.91 Å². The number of rotatable bonds is 2. The zero-order valence-corrected chi connectivity index (χ0v) is 11.7. The second-order valence-electron chi connectivity index (χ2n) is 6.32. The van der Waals surface area contributed by atoms with Gasteiger partial charge in [0.05, 0.1) is 5.54 Å². The van der Waals surface area contributed by atoms with E-state index in [1.54, 1.807) is 0 Å². The first-order chi connectivity index (χ1) is 8.51. The molecule has 4 nitrogen and oxygen atoms in total. The van der Waals surface area contributed by atoms with E-state index in [0.29, 0.717) is 12.0 Å². The number of hydrogen-bond acceptors (Lipinski definition) is 3. The van der Waals surface area contributed by atoms with Gasteiger partial charge < -0.3 is 16.0 Å². The number of carbonyl (C=O) groups is 1. The van der Waals surface area contributed by atoms with Gasteiger partial charge in [0.25, 0.3) is 0 Å². The van der Waals surface area contributed by atoms with Crippen LogP contribution in [0.1, 0.15) is 45.4 Å². The molecule has 1 saturated carbocycles. The molecule has 18 heavy (non-hydrogen) atoms. The monoisotopic (exact) mass is 253 g/mol. The number of likely N-dealkylation sites (tertiary alicyclic amines) is 1. The van der Waals surface area contributed by atoms with Gasteiger partial charge in [-0.2, -0.15) is 0 Å². The molecule has 1 aliphatic heterocycles. The third-order valence-corrected chi connectivity index (χ3v) is 4.62. The first-order valence-corrected chi connectivity index (χ1v) is 7.30. The zero-order chi connectivity index (χ0) is 13.2. The molecule has 0 aromatic heterocycles. The molecule has 0 bridgehead atoms. The van der Waals surface area contributed by atoms with Crippen LogP contribution in [0.15, 0.2) is 0 Å². The van der Waals surface area contributed by atoms with Gasteiger partial charge in [-0.3, -0.25) is 4.79 Å². The number of amides is 1. The van der Waals surface area contributed by atoms with Crippen molar-refractivity contribution in [3.05, 3.63) is 0 Å². The molecule has 0 radical (unpaired) electrons. The first-order valence-electron chi connectivity index (χ1n) is 7.30. The quantitative estimate of drug-likeness (QED) is 0.775. The Morgan fingerprint density at radius 1 is 1.33 bits per heavy atom. The minimum atomic E-state index is -0.596. The third kappa shape index (κ3) is 3.04. The van der Waals surface area contributed by atoms with Crippen LogP contribution in [0.5, 0.6) is 0 Å². The summed E-state index contributed by atoms with van der Waals surface area (Å²) in [7, 11) is 2.14. The van der Waals surface area contributed by atoms with E-state index in [2.05, 4.69) is 24.2 Å².